The average Bonchev–Trinajstić information content (AvgIpc) is 1.79. The van der Waals surface area contributed by atoms with Crippen LogP contribution in [-0.2, 0) is 4.74 Å². The molecule has 0 aromatic carbocycles. The van der Waals surface area contributed by atoms with E-state index in [9.17, 15) is 0 Å². The number of rotatable bonds is 3. The molecule has 0 radical (unpaired) electrons. The van der Waals surface area contributed by atoms with Crippen LogP contribution in [0.25, 0.3) is 0 Å². The van der Waals surface area contributed by atoms with Gasteiger partial charge in [-0.25, -0.2) is 0 Å². The van der Waals surface area contributed by atoms with Crippen LogP contribution >= 0.6 is 0 Å². The molecule has 1 aliphatic rings. The third-order valence-corrected chi connectivity index (χ3v) is 1.95. The summed E-state index contributed by atoms with van der Waals surface area (Å²) in [7, 11) is 0. The molecule has 9 heavy (non-hydrogen) atoms. The highest BCUT2D eigenvalue weighted by Crippen LogP contribution is 2.34. The van der Waals surface area contributed by atoms with Crippen molar-refractivity contribution in [1.82, 2.24) is 0 Å². The van der Waals surface area contributed by atoms with Crippen LogP contribution in [0.5, 0.6) is 0 Å². The Morgan fingerprint density at radius 1 is 1.56 bits per heavy atom. The Morgan fingerprint density at radius 2 is 2.22 bits per heavy atom. The second kappa shape index (κ2) is 2.67. The zero-order valence-corrected chi connectivity index (χ0v) is 5.89. The lowest BCUT2D eigenvalue weighted by atomic mass is 9.82. The number of aliphatic hydroxyl groups excluding tert-OH is 1. The summed E-state index contributed by atoms with van der Waals surface area (Å²) < 4.78 is 5.36. The van der Waals surface area contributed by atoms with Crippen LogP contribution in [0.2, 0.25) is 0 Å². The maximum atomic E-state index is 8.42. The monoisotopic (exact) mass is 130 g/mol. The van der Waals surface area contributed by atoms with Crippen molar-refractivity contribution in [2.75, 3.05) is 13.2 Å². The summed E-state index contributed by atoms with van der Waals surface area (Å²) in [5.41, 5.74) is 0.114. The molecule has 1 N–H and O–H groups in total. The molecule has 0 bridgehead atoms. The lowest BCUT2D eigenvalue weighted by molar-refractivity contribution is -0.0942. The van der Waals surface area contributed by atoms with Gasteiger partial charge in [0.15, 0.2) is 0 Å². The first-order valence-corrected chi connectivity index (χ1v) is 3.52. The largest absolute Gasteiger partial charge is 0.394 e. The van der Waals surface area contributed by atoms with Gasteiger partial charge in [0.1, 0.15) is 0 Å². The molecule has 1 rings (SSSR count). The third kappa shape index (κ3) is 1.66. The van der Waals surface area contributed by atoms with Gasteiger partial charge in [-0.15, -0.1) is 0 Å². The van der Waals surface area contributed by atoms with Gasteiger partial charge >= 0.3 is 0 Å². The van der Waals surface area contributed by atoms with Crippen molar-refractivity contribution in [1.29, 1.82) is 0 Å². The molecule has 0 amide bonds. The fourth-order valence-corrected chi connectivity index (χ4v) is 1.11. The normalized spacial score (nSPS) is 23.3. The van der Waals surface area contributed by atoms with Crippen LogP contribution in [0.4, 0.5) is 0 Å². The van der Waals surface area contributed by atoms with E-state index in [1.807, 2.05) is 0 Å². The first-order chi connectivity index (χ1) is 4.27. The molecule has 54 valence electrons. The Kier molecular flexibility index (Phi) is 2.09. The third-order valence-electron chi connectivity index (χ3n) is 1.95. The predicted octanol–water partition coefficient (Wildman–Crippen LogP) is 0.938. The molecular formula is C7H14O2. The van der Waals surface area contributed by atoms with E-state index in [2.05, 4.69) is 6.92 Å². The first-order valence-electron chi connectivity index (χ1n) is 3.52. The molecule has 0 aromatic heterocycles. The highest BCUT2D eigenvalue weighted by Gasteiger charge is 2.32. The van der Waals surface area contributed by atoms with E-state index in [1.54, 1.807) is 0 Å². The van der Waals surface area contributed by atoms with Crippen molar-refractivity contribution in [3.05, 3.63) is 0 Å². The standard InChI is InChI=1S/C7H14O2/c1-7(3-2-4-7)9-6-5-8/h8H,2-6H2,1H3. The molecule has 1 fully saturated rings. The maximum Gasteiger partial charge on any atom is 0.0705 e. The van der Waals surface area contributed by atoms with Crippen LogP contribution in [0.3, 0.4) is 0 Å². The van der Waals surface area contributed by atoms with Crippen LogP contribution in [0, 0.1) is 0 Å². The molecule has 0 aliphatic heterocycles. The van der Waals surface area contributed by atoms with Crippen molar-refractivity contribution in [3.8, 4) is 0 Å². The fraction of sp³-hybridized carbons (Fsp3) is 1.00. The summed E-state index contributed by atoms with van der Waals surface area (Å²) >= 11 is 0. The Bertz CT molecular complexity index is 86.9. The molecule has 0 atom stereocenters. The molecule has 2 heteroatoms. The summed E-state index contributed by atoms with van der Waals surface area (Å²) in [6.07, 6.45) is 3.60. The molecule has 0 unspecified atom stereocenters. The summed E-state index contributed by atoms with van der Waals surface area (Å²) in [4.78, 5) is 0. The van der Waals surface area contributed by atoms with Gasteiger partial charge < -0.3 is 9.84 Å². The van der Waals surface area contributed by atoms with Gasteiger partial charge in [-0.05, 0) is 26.2 Å². The van der Waals surface area contributed by atoms with Crippen molar-refractivity contribution in [3.63, 3.8) is 0 Å². The summed E-state index contributed by atoms with van der Waals surface area (Å²) in [5, 5.41) is 8.42. The molecule has 1 aliphatic carbocycles. The van der Waals surface area contributed by atoms with E-state index < -0.39 is 0 Å². The lowest BCUT2D eigenvalue weighted by Gasteiger charge is -2.37. The maximum absolute atomic E-state index is 8.42. The first kappa shape index (κ1) is 7.03. The highest BCUT2D eigenvalue weighted by atomic mass is 16.5. The van der Waals surface area contributed by atoms with E-state index in [0.29, 0.717) is 6.61 Å². The number of hydrogen-bond donors (Lipinski definition) is 1. The molecule has 0 spiro atoms. The van der Waals surface area contributed by atoms with E-state index in [-0.39, 0.29) is 12.2 Å². The predicted molar refractivity (Wildman–Crippen MR) is 35.3 cm³/mol. The minimum absolute atomic E-state index is 0.114. The van der Waals surface area contributed by atoms with Gasteiger partial charge in [0.05, 0.1) is 18.8 Å². The van der Waals surface area contributed by atoms with Gasteiger partial charge in [-0.2, -0.15) is 0 Å². The number of ether oxygens (including phenoxy) is 1. The fourth-order valence-electron chi connectivity index (χ4n) is 1.11. The van der Waals surface area contributed by atoms with E-state index in [4.69, 9.17) is 9.84 Å². The Labute approximate surface area is 55.8 Å². The second-order valence-corrected chi connectivity index (χ2v) is 2.88. The SMILES string of the molecule is CC1(OCCO)CCC1. The summed E-state index contributed by atoms with van der Waals surface area (Å²) in [5.74, 6) is 0. The van der Waals surface area contributed by atoms with Crippen LogP contribution in [0.15, 0.2) is 0 Å². The Balaban J connectivity index is 2.09. The summed E-state index contributed by atoms with van der Waals surface area (Å²) in [6, 6.07) is 0. The second-order valence-electron chi connectivity index (χ2n) is 2.88. The minimum atomic E-state index is 0.114. The van der Waals surface area contributed by atoms with Crippen LogP contribution < -0.4 is 0 Å². The lowest BCUT2D eigenvalue weighted by Crippen LogP contribution is -2.37. The van der Waals surface area contributed by atoms with E-state index in [0.717, 1.165) is 12.8 Å². The summed E-state index contributed by atoms with van der Waals surface area (Å²) in [6.45, 7) is 2.75. The molecular weight excluding hydrogens is 116 g/mol. The quantitative estimate of drug-likeness (QED) is 0.616. The van der Waals surface area contributed by atoms with Gasteiger partial charge in [0, 0.05) is 0 Å². The molecule has 0 saturated heterocycles. The number of aliphatic hydroxyl groups is 1. The molecule has 0 aromatic rings. The van der Waals surface area contributed by atoms with Gasteiger partial charge in [-0.3, -0.25) is 0 Å². The zero-order valence-electron chi connectivity index (χ0n) is 5.89. The van der Waals surface area contributed by atoms with Crippen LogP contribution in [0.1, 0.15) is 26.2 Å². The van der Waals surface area contributed by atoms with E-state index >= 15 is 0 Å². The molecule has 0 heterocycles. The smallest absolute Gasteiger partial charge is 0.0705 e. The van der Waals surface area contributed by atoms with Crippen molar-refractivity contribution >= 4 is 0 Å². The molecule has 2 nitrogen and oxygen atoms in total. The van der Waals surface area contributed by atoms with E-state index in [1.165, 1.54) is 6.42 Å². The van der Waals surface area contributed by atoms with Crippen LogP contribution in [-0.4, -0.2) is 23.9 Å². The van der Waals surface area contributed by atoms with Crippen molar-refractivity contribution < 1.29 is 9.84 Å². The van der Waals surface area contributed by atoms with Gasteiger partial charge in [0.25, 0.3) is 0 Å². The zero-order chi connectivity index (χ0) is 6.74. The van der Waals surface area contributed by atoms with Gasteiger partial charge in [-0.1, -0.05) is 0 Å². The van der Waals surface area contributed by atoms with Crippen molar-refractivity contribution in [2.24, 2.45) is 0 Å². The minimum Gasteiger partial charge on any atom is -0.394 e. The van der Waals surface area contributed by atoms with Gasteiger partial charge in [0.2, 0.25) is 0 Å². The molecule has 1 saturated carbocycles. The average molecular weight is 130 g/mol. The Morgan fingerprint density at radius 3 is 2.56 bits per heavy atom. The topological polar surface area (TPSA) is 29.5 Å². The highest BCUT2D eigenvalue weighted by molar-refractivity contribution is 4.84. The number of hydrogen-bond acceptors (Lipinski definition) is 2. The van der Waals surface area contributed by atoms with Crippen molar-refractivity contribution in [2.45, 2.75) is 31.8 Å². The Hall–Kier alpha value is -0.0800.